The Morgan fingerprint density at radius 1 is 1.04 bits per heavy atom. The first kappa shape index (κ1) is 16.8. The lowest BCUT2D eigenvalue weighted by Gasteiger charge is -2.39. The van der Waals surface area contributed by atoms with Crippen LogP contribution in [0.1, 0.15) is 68.4 Å². The van der Waals surface area contributed by atoms with Crippen molar-refractivity contribution in [3.05, 3.63) is 35.4 Å². The number of hydrogen-bond acceptors (Lipinski definition) is 2. The van der Waals surface area contributed by atoms with E-state index in [0.29, 0.717) is 18.4 Å². The third-order valence-electron chi connectivity index (χ3n) is 7.54. The number of nitrogens with one attached hydrogen (secondary N) is 1. The predicted octanol–water partition coefficient (Wildman–Crippen LogP) is 4.08. The molecule has 1 heterocycles. The first-order valence-corrected chi connectivity index (χ1v) is 10.9. The summed E-state index contributed by atoms with van der Waals surface area (Å²) in [6, 6.07) is 9.87. The van der Waals surface area contributed by atoms with Gasteiger partial charge < -0.3 is 10.2 Å². The number of carbonyl (C=O) groups is 1. The molecule has 3 aliphatic carbocycles. The van der Waals surface area contributed by atoms with Crippen molar-refractivity contribution >= 4 is 5.91 Å². The highest BCUT2D eigenvalue weighted by Gasteiger charge is 2.42. The minimum Gasteiger partial charge on any atom is -0.352 e. The van der Waals surface area contributed by atoms with E-state index in [-0.39, 0.29) is 5.91 Å². The molecule has 5 rings (SSSR count). The molecule has 140 valence electrons. The molecule has 0 spiro atoms. The maximum absolute atomic E-state index is 11.9. The number of hydrogen-bond donors (Lipinski definition) is 1. The van der Waals surface area contributed by atoms with Crippen molar-refractivity contribution in [3.63, 3.8) is 0 Å². The fourth-order valence-corrected chi connectivity index (χ4v) is 5.86. The van der Waals surface area contributed by atoms with Crippen molar-refractivity contribution in [2.75, 3.05) is 13.1 Å². The summed E-state index contributed by atoms with van der Waals surface area (Å²) in [5.41, 5.74) is 2.74. The van der Waals surface area contributed by atoms with Crippen LogP contribution in [0.3, 0.4) is 0 Å². The second-order valence-electron chi connectivity index (χ2n) is 9.29. The van der Waals surface area contributed by atoms with Crippen molar-refractivity contribution in [2.45, 2.75) is 69.9 Å². The molecule has 26 heavy (non-hydrogen) atoms. The summed E-state index contributed by atoms with van der Waals surface area (Å²) in [5.74, 6) is 3.30. The van der Waals surface area contributed by atoms with Crippen LogP contribution in [0.2, 0.25) is 0 Å². The van der Waals surface area contributed by atoms with Crippen molar-refractivity contribution < 1.29 is 4.79 Å². The Bertz CT molecular complexity index is 660. The van der Waals surface area contributed by atoms with E-state index in [1.54, 1.807) is 0 Å². The first-order chi connectivity index (χ1) is 12.8. The van der Waals surface area contributed by atoms with Crippen LogP contribution in [-0.2, 0) is 11.3 Å². The van der Waals surface area contributed by atoms with Gasteiger partial charge in [0.2, 0.25) is 5.91 Å². The SMILES string of the molecule is O=C(NCc1cccc(C2CCN(C3C[C@H]4CC[C@H]3C4)CC2)c1)C1CC1. The number of benzene rings is 1. The van der Waals surface area contributed by atoms with Crippen LogP contribution in [0, 0.1) is 17.8 Å². The molecule has 2 bridgehead atoms. The molecule has 1 saturated heterocycles. The molecule has 3 saturated carbocycles. The van der Waals surface area contributed by atoms with Crippen LogP contribution in [-0.4, -0.2) is 29.9 Å². The summed E-state index contributed by atoms with van der Waals surface area (Å²) in [6.45, 7) is 3.25. The molecule has 0 radical (unpaired) electrons. The zero-order valence-corrected chi connectivity index (χ0v) is 15.8. The molecule has 1 aliphatic heterocycles. The minimum absolute atomic E-state index is 0.245. The Hall–Kier alpha value is -1.35. The molecule has 3 atom stereocenters. The monoisotopic (exact) mass is 352 g/mol. The van der Waals surface area contributed by atoms with Gasteiger partial charge in [-0.3, -0.25) is 4.79 Å². The fourth-order valence-electron chi connectivity index (χ4n) is 5.86. The second-order valence-corrected chi connectivity index (χ2v) is 9.29. The third-order valence-corrected chi connectivity index (χ3v) is 7.54. The van der Waals surface area contributed by atoms with Gasteiger partial charge in [0.05, 0.1) is 0 Å². The number of piperidine rings is 1. The van der Waals surface area contributed by atoms with Gasteiger partial charge in [-0.1, -0.05) is 30.7 Å². The molecule has 1 unspecified atom stereocenters. The summed E-state index contributed by atoms with van der Waals surface area (Å²) in [4.78, 5) is 14.7. The molecular weight excluding hydrogens is 320 g/mol. The predicted molar refractivity (Wildman–Crippen MR) is 104 cm³/mol. The number of rotatable bonds is 5. The maximum atomic E-state index is 11.9. The van der Waals surface area contributed by atoms with E-state index < -0.39 is 0 Å². The fraction of sp³-hybridized carbons (Fsp3) is 0.696. The van der Waals surface area contributed by atoms with E-state index >= 15 is 0 Å². The number of amides is 1. The summed E-state index contributed by atoms with van der Waals surface area (Å²) < 4.78 is 0. The Morgan fingerprint density at radius 3 is 2.58 bits per heavy atom. The van der Waals surface area contributed by atoms with E-state index in [1.165, 1.54) is 62.7 Å². The number of likely N-dealkylation sites (tertiary alicyclic amines) is 1. The van der Waals surface area contributed by atoms with Crippen molar-refractivity contribution in [2.24, 2.45) is 17.8 Å². The summed E-state index contributed by atoms with van der Waals surface area (Å²) in [7, 11) is 0. The normalized spacial score (nSPS) is 32.1. The lowest BCUT2D eigenvalue weighted by Crippen LogP contribution is -2.43. The van der Waals surface area contributed by atoms with Gasteiger partial charge in [-0.05, 0) is 86.9 Å². The molecule has 4 aliphatic rings. The Balaban J connectivity index is 1.16. The van der Waals surface area contributed by atoms with Gasteiger partial charge in [-0.25, -0.2) is 0 Å². The van der Waals surface area contributed by atoms with E-state index in [2.05, 4.69) is 34.5 Å². The standard InChI is InChI=1S/C23H32N2O/c26-23(19-6-7-19)24-15-17-2-1-3-20(13-17)18-8-10-25(11-9-18)22-14-16-4-5-21(22)12-16/h1-3,13,16,18-19,21-22H,4-12,14-15H2,(H,24,26)/t16-,21-,22?/m0/s1. The van der Waals surface area contributed by atoms with Crippen LogP contribution in [0.15, 0.2) is 24.3 Å². The quantitative estimate of drug-likeness (QED) is 0.866. The van der Waals surface area contributed by atoms with Gasteiger partial charge in [-0.2, -0.15) is 0 Å². The van der Waals surface area contributed by atoms with Crippen LogP contribution in [0.25, 0.3) is 0 Å². The summed E-state index contributed by atoms with van der Waals surface area (Å²) >= 11 is 0. The zero-order chi connectivity index (χ0) is 17.5. The largest absolute Gasteiger partial charge is 0.352 e. The highest BCUT2D eigenvalue weighted by atomic mass is 16.2. The molecule has 1 amide bonds. The van der Waals surface area contributed by atoms with Crippen LogP contribution < -0.4 is 5.32 Å². The summed E-state index contributed by atoms with van der Waals surface area (Å²) in [6.07, 6.45) is 10.7. The van der Waals surface area contributed by atoms with Gasteiger partial charge in [0.25, 0.3) is 0 Å². The highest BCUT2D eigenvalue weighted by Crippen LogP contribution is 2.47. The van der Waals surface area contributed by atoms with Crippen molar-refractivity contribution in [1.29, 1.82) is 0 Å². The lowest BCUT2D eigenvalue weighted by atomic mass is 9.86. The maximum Gasteiger partial charge on any atom is 0.223 e. The Morgan fingerprint density at radius 2 is 1.88 bits per heavy atom. The van der Waals surface area contributed by atoms with Crippen LogP contribution in [0.5, 0.6) is 0 Å². The van der Waals surface area contributed by atoms with E-state index in [9.17, 15) is 4.79 Å². The third kappa shape index (κ3) is 3.43. The average molecular weight is 353 g/mol. The molecule has 1 aromatic rings. The van der Waals surface area contributed by atoms with E-state index in [4.69, 9.17) is 0 Å². The van der Waals surface area contributed by atoms with Gasteiger partial charge in [-0.15, -0.1) is 0 Å². The molecule has 0 aromatic heterocycles. The van der Waals surface area contributed by atoms with Gasteiger partial charge in [0, 0.05) is 18.5 Å². The van der Waals surface area contributed by atoms with E-state index in [1.807, 2.05) is 0 Å². The minimum atomic E-state index is 0.245. The van der Waals surface area contributed by atoms with Crippen LogP contribution in [0.4, 0.5) is 0 Å². The van der Waals surface area contributed by atoms with Gasteiger partial charge in [0.15, 0.2) is 0 Å². The van der Waals surface area contributed by atoms with Crippen LogP contribution >= 0.6 is 0 Å². The zero-order valence-electron chi connectivity index (χ0n) is 15.8. The molecular formula is C23H32N2O. The van der Waals surface area contributed by atoms with Gasteiger partial charge in [0.1, 0.15) is 0 Å². The summed E-state index contributed by atoms with van der Waals surface area (Å²) in [5, 5.41) is 3.10. The van der Waals surface area contributed by atoms with Gasteiger partial charge >= 0.3 is 0 Å². The molecule has 3 heteroatoms. The average Bonchev–Trinajstić information content (AvgIpc) is 3.33. The topological polar surface area (TPSA) is 32.3 Å². The Kier molecular flexibility index (Phi) is 4.52. The van der Waals surface area contributed by atoms with E-state index in [0.717, 1.165) is 30.7 Å². The smallest absolute Gasteiger partial charge is 0.223 e. The van der Waals surface area contributed by atoms with Crippen molar-refractivity contribution in [1.82, 2.24) is 10.2 Å². The second kappa shape index (κ2) is 6.99. The van der Waals surface area contributed by atoms with Crippen molar-refractivity contribution in [3.8, 4) is 0 Å². The molecule has 1 aromatic carbocycles. The highest BCUT2D eigenvalue weighted by molar-refractivity contribution is 5.80. The number of nitrogens with zero attached hydrogens (tertiary/aromatic N) is 1. The molecule has 3 nitrogen and oxygen atoms in total. The Labute approximate surface area is 157 Å². The number of carbonyl (C=O) groups excluding carboxylic acids is 1. The molecule has 4 fully saturated rings. The lowest BCUT2D eigenvalue weighted by molar-refractivity contribution is -0.122. The first-order valence-electron chi connectivity index (χ1n) is 10.9. The molecule has 1 N–H and O–H groups in total. The number of fused-ring (bicyclic) bond motifs is 2.